The minimum Gasteiger partial charge on any atom is -0.505 e. The van der Waals surface area contributed by atoms with Crippen LogP contribution >= 0.6 is 39.1 Å². The van der Waals surface area contributed by atoms with Crippen molar-refractivity contribution in [3.05, 3.63) is 26.1 Å². The smallest absolute Gasteiger partial charge is 0.341 e. The summed E-state index contributed by atoms with van der Waals surface area (Å²) < 4.78 is 4.86. The van der Waals surface area contributed by atoms with Gasteiger partial charge in [0.1, 0.15) is 16.3 Å². The molecule has 0 aliphatic rings. The van der Waals surface area contributed by atoms with Crippen LogP contribution in [0.25, 0.3) is 0 Å². The van der Waals surface area contributed by atoms with Crippen LogP contribution in [0, 0.1) is 0 Å². The molecule has 1 rings (SSSR count). The molecule has 0 unspecified atom stereocenters. The van der Waals surface area contributed by atoms with Crippen molar-refractivity contribution in [1.29, 1.82) is 0 Å². The number of benzene rings is 1. The second-order valence-electron chi connectivity index (χ2n) is 2.37. The fraction of sp³-hybridized carbons (Fsp3) is 0.125. The largest absolute Gasteiger partial charge is 0.505 e. The Hall–Kier alpha value is -0.450. The lowest BCUT2D eigenvalue weighted by molar-refractivity contribution is 0.0597. The van der Waals surface area contributed by atoms with Crippen molar-refractivity contribution >= 4 is 45.1 Å². The Bertz CT molecular complexity index is 393. The van der Waals surface area contributed by atoms with Crippen molar-refractivity contribution in [2.45, 2.75) is 0 Å². The van der Waals surface area contributed by atoms with Crippen LogP contribution in [0.4, 0.5) is 0 Å². The molecule has 0 saturated heterocycles. The highest BCUT2D eigenvalue weighted by Gasteiger charge is 2.19. The molecule has 6 heteroatoms. The number of hydrogen-bond acceptors (Lipinski definition) is 3. The Morgan fingerprint density at radius 3 is 2.57 bits per heavy atom. The molecule has 0 saturated carbocycles. The third kappa shape index (κ3) is 1.97. The van der Waals surface area contributed by atoms with E-state index in [2.05, 4.69) is 20.7 Å². The third-order valence-electron chi connectivity index (χ3n) is 1.54. The van der Waals surface area contributed by atoms with Crippen molar-refractivity contribution in [3.8, 4) is 5.75 Å². The van der Waals surface area contributed by atoms with Gasteiger partial charge in [-0.25, -0.2) is 4.79 Å². The summed E-state index contributed by atoms with van der Waals surface area (Å²) in [5.74, 6) is -1.06. The number of halogens is 3. The number of esters is 1. The molecule has 0 aliphatic carbocycles. The Morgan fingerprint density at radius 2 is 2.07 bits per heavy atom. The van der Waals surface area contributed by atoms with Gasteiger partial charge in [-0.2, -0.15) is 0 Å². The number of phenolic OH excluding ortho intramolecular Hbond substituents is 1. The normalized spacial score (nSPS) is 10.0. The van der Waals surface area contributed by atoms with Crippen molar-refractivity contribution in [2.75, 3.05) is 7.11 Å². The van der Waals surface area contributed by atoms with E-state index in [4.69, 9.17) is 23.2 Å². The van der Waals surface area contributed by atoms with Gasteiger partial charge >= 0.3 is 5.97 Å². The second kappa shape index (κ2) is 4.38. The zero-order valence-corrected chi connectivity index (χ0v) is 10.1. The molecule has 0 amide bonds. The standard InChI is InChI=1S/C8H5BrCl2O3/c1-14-8(13)3-2-4(9)5(10)6(11)7(3)12/h2,12H,1H3. The van der Waals surface area contributed by atoms with Crippen molar-refractivity contribution < 1.29 is 14.6 Å². The van der Waals surface area contributed by atoms with Gasteiger partial charge in [-0.05, 0) is 22.0 Å². The van der Waals surface area contributed by atoms with Crippen molar-refractivity contribution in [2.24, 2.45) is 0 Å². The molecule has 1 aromatic rings. The summed E-state index contributed by atoms with van der Waals surface area (Å²) >= 11 is 14.5. The minimum absolute atomic E-state index is 0.0335. The monoisotopic (exact) mass is 298 g/mol. The molecule has 3 nitrogen and oxygen atoms in total. The van der Waals surface area contributed by atoms with Crippen LogP contribution in [0.2, 0.25) is 10.0 Å². The Morgan fingerprint density at radius 1 is 1.50 bits per heavy atom. The van der Waals surface area contributed by atoms with E-state index in [1.165, 1.54) is 13.2 Å². The molecule has 0 aromatic heterocycles. The van der Waals surface area contributed by atoms with Gasteiger partial charge in [0.05, 0.1) is 12.1 Å². The van der Waals surface area contributed by atoms with Gasteiger partial charge < -0.3 is 9.84 Å². The average Bonchev–Trinajstić information content (AvgIpc) is 2.19. The first-order chi connectivity index (χ1) is 6.49. The molecule has 0 radical (unpaired) electrons. The quantitative estimate of drug-likeness (QED) is 0.639. The van der Waals surface area contributed by atoms with Crippen molar-refractivity contribution in [1.82, 2.24) is 0 Å². The maximum atomic E-state index is 11.1. The molecule has 0 fully saturated rings. The lowest BCUT2D eigenvalue weighted by Crippen LogP contribution is -2.02. The summed E-state index contributed by atoms with van der Waals surface area (Å²) in [6, 6.07) is 1.34. The Kier molecular flexibility index (Phi) is 3.64. The summed E-state index contributed by atoms with van der Waals surface area (Å²) in [4.78, 5) is 11.1. The number of hydrogen-bond donors (Lipinski definition) is 1. The molecule has 14 heavy (non-hydrogen) atoms. The van der Waals surface area contributed by atoms with E-state index < -0.39 is 5.97 Å². The Labute approximate surface area is 98.7 Å². The number of rotatable bonds is 1. The van der Waals surface area contributed by atoms with E-state index in [0.717, 1.165) is 0 Å². The first-order valence-electron chi connectivity index (χ1n) is 3.43. The van der Waals surface area contributed by atoms with Crippen LogP contribution in [0.3, 0.4) is 0 Å². The maximum Gasteiger partial charge on any atom is 0.341 e. The summed E-state index contributed by atoms with van der Waals surface area (Å²) in [5, 5.41) is 9.53. The van der Waals surface area contributed by atoms with Crippen molar-refractivity contribution in [3.63, 3.8) is 0 Å². The van der Waals surface area contributed by atoms with E-state index in [0.29, 0.717) is 4.47 Å². The molecule has 0 atom stereocenters. The highest BCUT2D eigenvalue weighted by molar-refractivity contribution is 9.10. The van der Waals surface area contributed by atoms with Gasteiger partial charge in [0, 0.05) is 4.47 Å². The second-order valence-corrected chi connectivity index (χ2v) is 3.98. The van der Waals surface area contributed by atoms with Crippen LogP contribution in [0.1, 0.15) is 10.4 Å². The number of phenols is 1. The van der Waals surface area contributed by atoms with E-state index in [1.54, 1.807) is 0 Å². The summed E-state index contributed by atoms with van der Waals surface area (Å²) in [6.07, 6.45) is 0. The highest BCUT2D eigenvalue weighted by atomic mass is 79.9. The van der Waals surface area contributed by atoms with E-state index in [-0.39, 0.29) is 21.4 Å². The number of ether oxygens (including phenoxy) is 1. The zero-order chi connectivity index (χ0) is 10.9. The van der Waals surface area contributed by atoms with Gasteiger partial charge in [-0.1, -0.05) is 23.2 Å². The van der Waals surface area contributed by atoms with E-state index in [9.17, 15) is 9.90 Å². The minimum atomic E-state index is -0.679. The van der Waals surface area contributed by atoms with Crippen LogP contribution < -0.4 is 0 Å². The molecule has 0 bridgehead atoms. The van der Waals surface area contributed by atoms with Crippen LogP contribution in [0.5, 0.6) is 5.75 Å². The number of carbonyl (C=O) groups is 1. The molecule has 1 aromatic carbocycles. The zero-order valence-electron chi connectivity index (χ0n) is 6.97. The predicted octanol–water partition coefficient (Wildman–Crippen LogP) is 3.25. The first-order valence-corrected chi connectivity index (χ1v) is 4.98. The van der Waals surface area contributed by atoms with Gasteiger partial charge in [-0.3, -0.25) is 0 Å². The number of methoxy groups -OCH3 is 1. The average molecular weight is 300 g/mol. The Balaban J connectivity index is 3.40. The van der Waals surface area contributed by atoms with Crippen LogP contribution in [-0.4, -0.2) is 18.2 Å². The molecule has 76 valence electrons. The van der Waals surface area contributed by atoms with Crippen LogP contribution in [-0.2, 0) is 4.74 Å². The molecule has 1 N–H and O–H groups in total. The van der Waals surface area contributed by atoms with E-state index in [1.807, 2.05) is 0 Å². The molecule has 0 heterocycles. The van der Waals surface area contributed by atoms with Gasteiger partial charge in [0.15, 0.2) is 0 Å². The third-order valence-corrected chi connectivity index (χ3v) is 3.25. The maximum absolute atomic E-state index is 11.1. The molecular formula is C8H5BrCl2O3. The predicted molar refractivity (Wildman–Crippen MR) is 57.2 cm³/mol. The van der Waals surface area contributed by atoms with E-state index >= 15 is 0 Å². The summed E-state index contributed by atoms with van der Waals surface area (Å²) in [5.41, 5.74) is -0.0335. The molecular weight excluding hydrogens is 295 g/mol. The summed E-state index contributed by atoms with van der Waals surface area (Å²) in [6.45, 7) is 0. The lowest BCUT2D eigenvalue weighted by Gasteiger charge is -2.07. The topological polar surface area (TPSA) is 46.5 Å². The molecule has 0 spiro atoms. The van der Waals surface area contributed by atoms with Gasteiger partial charge in [0.25, 0.3) is 0 Å². The fourth-order valence-corrected chi connectivity index (χ4v) is 1.74. The summed E-state index contributed by atoms with van der Waals surface area (Å²) in [7, 11) is 1.21. The van der Waals surface area contributed by atoms with Gasteiger partial charge in [-0.15, -0.1) is 0 Å². The first kappa shape index (κ1) is 11.6. The highest BCUT2D eigenvalue weighted by Crippen LogP contribution is 2.39. The fourth-order valence-electron chi connectivity index (χ4n) is 0.851. The number of carbonyl (C=O) groups excluding carboxylic acids is 1. The number of aromatic hydroxyl groups is 1. The molecule has 0 aliphatic heterocycles. The lowest BCUT2D eigenvalue weighted by atomic mass is 10.2. The SMILES string of the molecule is COC(=O)c1cc(Br)c(Cl)c(Cl)c1O. The van der Waals surface area contributed by atoms with Crippen LogP contribution in [0.15, 0.2) is 10.5 Å². The van der Waals surface area contributed by atoms with Gasteiger partial charge in [0.2, 0.25) is 0 Å².